The Hall–Kier alpha value is -3.14. The fourth-order valence-electron chi connectivity index (χ4n) is 4.88. The Morgan fingerprint density at radius 2 is 1.53 bits per heavy atom. The molecule has 0 aliphatic carbocycles. The van der Waals surface area contributed by atoms with Crippen LogP contribution in [-0.4, -0.2) is 36.1 Å². The van der Waals surface area contributed by atoms with Crippen LogP contribution in [0.2, 0.25) is 5.02 Å². The van der Waals surface area contributed by atoms with E-state index in [9.17, 15) is 0 Å². The highest BCUT2D eigenvalue weighted by molar-refractivity contribution is 6.31. The van der Waals surface area contributed by atoms with Gasteiger partial charge in [0.2, 0.25) is 0 Å². The van der Waals surface area contributed by atoms with Crippen molar-refractivity contribution in [2.45, 2.75) is 19.3 Å². The summed E-state index contributed by atoms with van der Waals surface area (Å²) >= 11 is 6.11. The summed E-state index contributed by atoms with van der Waals surface area (Å²) in [6.45, 7) is 4.30. The van der Waals surface area contributed by atoms with Crippen LogP contribution in [0.3, 0.4) is 0 Å². The summed E-state index contributed by atoms with van der Waals surface area (Å²) in [6, 6.07) is 29.6. The lowest BCUT2D eigenvalue weighted by atomic mass is 9.88. The van der Waals surface area contributed by atoms with E-state index < -0.39 is 0 Å². The molecule has 1 saturated heterocycles. The molecule has 0 radical (unpaired) electrons. The highest BCUT2D eigenvalue weighted by atomic mass is 35.5. The third-order valence-electron chi connectivity index (χ3n) is 6.61. The fraction of sp³-hybridized carbons (Fsp3) is 0.233. The Morgan fingerprint density at radius 1 is 0.853 bits per heavy atom. The van der Waals surface area contributed by atoms with Crippen LogP contribution in [0.4, 0.5) is 5.69 Å². The van der Waals surface area contributed by atoms with Gasteiger partial charge in [-0.05, 0) is 66.8 Å². The molecular formula is C30H30ClN3. The number of hydrogen-bond acceptors (Lipinski definition) is 3. The molecule has 0 atom stereocenters. The van der Waals surface area contributed by atoms with E-state index in [0.29, 0.717) is 0 Å². The Kier molecular flexibility index (Phi) is 7.23. The first-order valence-electron chi connectivity index (χ1n) is 12.1. The number of likely N-dealkylation sites (tertiary alicyclic amines) is 1. The minimum atomic E-state index is 0.721. The number of rotatable bonds is 7. The highest BCUT2D eigenvalue weighted by Gasteiger charge is 2.18. The van der Waals surface area contributed by atoms with E-state index in [-0.39, 0.29) is 0 Å². The average Bonchev–Trinajstić information content (AvgIpc) is 2.89. The van der Waals surface area contributed by atoms with Gasteiger partial charge < -0.3 is 10.2 Å². The highest BCUT2D eigenvalue weighted by Crippen LogP contribution is 2.32. The number of nitrogens with zero attached hydrogens (tertiary/aromatic N) is 2. The van der Waals surface area contributed by atoms with Crippen molar-refractivity contribution >= 4 is 33.8 Å². The molecule has 2 heterocycles. The lowest BCUT2D eigenvalue weighted by molar-refractivity contribution is 0.256. The topological polar surface area (TPSA) is 28.2 Å². The lowest BCUT2D eigenvalue weighted by Crippen LogP contribution is -2.32. The summed E-state index contributed by atoms with van der Waals surface area (Å²) in [7, 11) is 0. The van der Waals surface area contributed by atoms with Crippen molar-refractivity contribution in [3.8, 4) is 0 Å². The van der Waals surface area contributed by atoms with Gasteiger partial charge in [0.25, 0.3) is 0 Å². The van der Waals surface area contributed by atoms with Crippen LogP contribution in [0.25, 0.3) is 16.5 Å². The monoisotopic (exact) mass is 467 g/mol. The first-order valence-corrected chi connectivity index (χ1v) is 12.5. The minimum Gasteiger partial charge on any atom is -0.384 e. The molecular weight excluding hydrogens is 438 g/mol. The predicted octanol–water partition coefficient (Wildman–Crippen LogP) is 7.29. The number of halogens is 1. The zero-order valence-corrected chi connectivity index (χ0v) is 20.1. The van der Waals surface area contributed by atoms with Crippen LogP contribution in [0.15, 0.2) is 96.7 Å². The van der Waals surface area contributed by atoms with Crippen LogP contribution >= 0.6 is 11.6 Å². The molecule has 4 heteroatoms. The number of piperidine rings is 1. The van der Waals surface area contributed by atoms with Crippen molar-refractivity contribution in [1.82, 2.24) is 9.88 Å². The molecule has 1 aromatic heterocycles. The molecule has 0 saturated carbocycles. The smallest absolute Gasteiger partial charge is 0.0737 e. The fourth-order valence-corrected chi connectivity index (χ4v) is 5.05. The van der Waals surface area contributed by atoms with E-state index in [1.165, 1.54) is 16.7 Å². The second kappa shape index (κ2) is 10.9. The molecule has 0 amide bonds. The van der Waals surface area contributed by atoms with Gasteiger partial charge in [-0.3, -0.25) is 4.98 Å². The van der Waals surface area contributed by atoms with E-state index in [0.717, 1.165) is 67.1 Å². The van der Waals surface area contributed by atoms with Crippen molar-refractivity contribution in [1.29, 1.82) is 0 Å². The van der Waals surface area contributed by atoms with E-state index in [2.05, 4.69) is 75.9 Å². The van der Waals surface area contributed by atoms with Crippen LogP contribution in [0.1, 0.15) is 30.4 Å². The molecule has 1 aliphatic heterocycles. The largest absolute Gasteiger partial charge is 0.384 e. The summed E-state index contributed by atoms with van der Waals surface area (Å²) in [4.78, 5) is 7.03. The predicted molar refractivity (Wildman–Crippen MR) is 144 cm³/mol. The number of nitrogens with one attached hydrogen (secondary N) is 1. The van der Waals surface area contributed by atoms with Crippen molar-refractivity contribution in [2.24, 2.45) is 0 Å². The Balaban J connectivity index is 1.19. The van der Waals surface area contributed by atoms with Gasteiger partial charge in [-0.15, -0.1) is 0 Å². The van der Waals surface area contributed by atoms with E-state index in [1.807, 2.05) is 30.5 Å². The number of pyridine rings is 1. The van der Waals surface area contributed by atoms with Gasteiger partial charge in [0.1, 0.15) is 0 Å². The summed E-state index contributed by atoms with van der Waals surface area (Å²) in [5, 5.41) is 5.44. The van der Waals surface area contributed by atoms with Gasteiger partial charge in [0.15, 0.2) is 0 Å². The van der Waals surface area contributed by atoms with E-state index in [1.54, 1.807) is 5.57 Å². The first kappa shape index (κ1) is 22.6. The number of hydrogen-bond donors (Lipinski definition) is 1. The SMILES string of the molecule is Clc1ccc2c(NCCCN3CCC(=C(c4ccccc4)c4ccccc4)CC3)ccnc2c1. The maximum absolute atomic E-state index is 6.11. The van der Waals surface area contributed by atoms with Gasteiger partial charge in [0, 0.05) is 41.9 Å². The molecule has 5 rings (SSSR count). The summed E-state index contributed by atoms with van der Waals surface area (Å²) in [5.74, 6) is 0. The minimum absolute atomic E-state index is 0.721. The molecule has 1 fully saturated rings. The van der Waals surface area contributed by atoms with Gasteiger partial charge in [-0.2, -0.15) is 0 Å². The Morgan fingerprint density at radius 3 is 2.21 bits per heavy atom. The molecule has 0 bridgehead atoms. The van der Waals surface area contributed by atoms with Crippen molar-refractivity contribution in [3.63, 3.8) is 0 Å². The van der Waals surface area contributed by atoms with Gasteiger partial charge in [0.05, 0.1) is 5.52 Å². The van der Waals surface area contributed by atoms with Crippen LogP contribution in [-0.2, 0) is 0 Å². The Labute approximate surface area is 207 Å². The second-order valence-corrected chi connectivity index (χ2v) is 9.29. The van der Waals surface area contributed by atoms with Crippen molar-refractivity contribution in [3.05, 3.63) is 113 Å². The lowest BCUT2D eigenvalue weighted by Gasteiger charge is -2.30. The summed E-state index contributed by atoms with van der Waals surface area (Å²) in [6.07, 6.45) is 5.21. The molecule has 172 valence electrons. The standard InChI is InChI=1S/C30H30ClN3/c31-26-12-13-27-28(14-18-33-29(27)22-26)32-17-7-19-34-20-15-25(16-21-34)30(23-8-3-1-4-9-23)24-10-5-2-6-11-24/h1-6,8-14,18,22H,7,15-17,19-21H2,(H,32,33). The molecule has 0 spiro atoms. The average molecular weight is 468 g/mol. The number of aromatic nitrogens is 1. The first-order chi connectivity index (χ1) is 16.8. The Bertz CT molecular complexity index is 1220. The molecule has 0 unspecified atom stereocenters. The molecule has 1 N–H and O–H groups in total. The summed E-state index contributed by atoms with van der Waals surface area (Å²) in [5.41, 5.74) is 7.71. The molecule has 4 aromatic rings. The molecule has 34 heavy (non-hydrogen) atoms. The number of anilines is 1. The summed E-state index contributed by atoms with van der Waals surface area (Å²) < 4.78 is 0. The zero-order valence-electron chi connectivity index (χ0n) is 19.4. The maximum atomic E-state index is 6.11. The van der Waals surface area contributed by atoms with Gasteiger partial charge in [-0.1, -0.05) is 77.8 Å². The maximum Gasteiger partial charge on any atom is 0.0737 e. The third kappa shape index (κ3) is 5.32. The van der Waals surface area contributed by atoms with Crippen molar-refractivity contribution in [2.75, 3.05) is 31.5 Å². The van der Waals surface area contributed by atoms with Crippen LogP contribution in [0.5, 0.6) is 0 Å². The quantitative estimate of drug-likeness (QED) is 0.289. The normalized spacial score (nSPS) is 14.3. The van der Waals surface area contributed by atoms with Crippen LogP contribution in [0, 0.1) is 0 Å². The van der Waals surface area contributed by atoms with Crippen LogP contribution < -0.4 is 5.32 Å². The second-order valence-electron chi connectivity index (χ2n) is 8.85. The van der Waals surface area contributed by atoms with Gasteiger partial charge >= 0.3 is 0 Å². The van der Waals surface area contributed by atoms with Crippen molar-refractivity contribution < 1.29 is 0 Å². The van der Waals surface area contributed by atoms with Gasteiger partial charge in [-0.25, -0.2) is 0 Å². The zero-order chi connectivity index (χ0) is 23.2. The molecule has 1 aliphatic rings. The van der Waals surface area contributed by atoms with E-state index in [4.69, 9.17) is 11.6 Å². The molecule has 3 nitrogen and oxygen atoms in total. The van der Waals surface area contributed by atoms with E-state index >= 15 is 0 Å². The molecule has 3 aromatic carbocycles. The number of fused-ring (bicyclic) bond motifs is 1. The third-order valence-corrected chi connectivity index (χ3v) is 6.84. The number of benzene rings is 3.